The normalized spacial score (nSPS) is 9.79. The van der Waals surface area contributed by atoms with Gasteiger partial charge in [-0.15, -0.1) is 6.42 Å². The SMILES string of the molecule is C#CCN(C)CC(=O)c1ccccc1. The quantitative estimate of drug-likeness (QED) is 0.525. The first-order valence-electron chi connectivity index (χ1n) is 4.44. The Hall–Kier alpha value is -1.59. The van der Waals surface area contributed by atoms with Gasteiger partial charge in [0.1, 0.15) is 0 Å². The van der Waals surface area contributed by atoms with Gasteiger partial charge in [0.2, 0.25) is 0 Å². The Labute approximate surface area is 84.5 Å². The fourth-order valence-electron chi connectivity index (χ4n) is 1.17. The molecule has 0 N–H and O–H groups in total. The Morgan fingerprint density at radius 2 is 2.07 bits per heavy atom. The predicted octanol–water partition coefficient (Wildman–Crippen LogP) is 1.43. The molecule has 0 unspecified atom stereocenters. The summed E-state index contributed by atoms with van der Waals surface area (Å²) in [4.78, 5) is 13.4. The van der Waals surface area contributed by atoms with Gasteiger partial charge < -0.3 is 0 Å². The molecular weight excluding hydrogens is 174 g/mol. The number of rotatable bonds is 4. The summed E-state index contributed by atoms with van der Waals surface area (Å²) in [5.41, 5.74) is 0.733. The van der Waals surface area contributed by atoms with Crippen LogP contribution in [0.4, 0.5) is 0 Å². The molecule has 1 aromatic rings. The Morgan fingerprint density at radius 1 is 1.43 bits per heavy atom. The fourth-order valence-corrected chi connectivity index (χ4v) is 1.17. The van der Waals surface area contributed by atoms with Gasteiger partial charge in [-0.3, -0.25) is 9.69 Å². The van der Waals surface area contributed by atoms with E-state index >= 15 is 0 Å². The van der Waals surface area contributed by atoms with E-state index in [2.05, 4.69) is 5.92 Å². The van der Waals surface area contributed by atoms with Gasteiger partial charge in [0.05, 0.1) is 13.1 Å². The molecular formula is C12H13NO. The second-order valence-electron chi connectivity index (χ2n) is 3.17. The van der Waals surface area contributed by atoms with Crippen molar-refractivity contribution in [3.8, 4) is 12.3 Å². The summed E-state index contributed by atoms with van der Waals surface area (Å²) >= 11 is 0. The number of Topliss-reactive ketones (excluding diaryl/α,β-unsaturated/α-hetero) is 1. The molecule has 1 aromatic carbocycles. The van der Waals surface area contributed by atoms with Gasteiger partial charge in [-0.05, 0) is 7.05 Å². The van der Waals surface area contributed by atoms with Crippen molar-refractivity contribution < 1.29 is 4.79 Å². The Balaban J connectivity index is 2.56. The van der Waals surface area contributed by atoms with Crippen molar-refractivity contribution in [1.82, 2.24) is 4.90 Å². The largest absolute Gasteiger partial charge is 0.293 e. The summed E-state index contributed by atoms with van der Waals surface area (Å²) in [6.07, 6.45) is 5.14. The molecule has 0 atom stereocenters. The molecule has 1 rings (SSSR count). The lowest BCUT2D eigenvalue weighted by atomic mass is 10.1. The number of carbonyl (C=O) groups is 1. The molecule has 0 fully saturated rings. The highest BCUT2D eigenvalue weighted by Crippen LogP contribution is 2.00. The minimum absolute atomic E-state index is 0.100. The van der Waals surface area contributed by atoms with E-state index in [4.69, 9.17) is 6.42 Å². The number of benzene rings is 1. The molecule has 0 heterocycles. The van der Waals surface area contributed by atoms with E-state index in [0.717, 1.165) is 5.56 Å². The van der Waals surface area contributed by atoms with E-state index in [1.165, 1.54) is 0 Å². The van der Waals surface area contributed by atoms with Crippen molar-refractivity contribution in [2.75, 3.05) is 20.1 Å². The third-order valence-electron chi connectivity index (χ3n) is 1.87. The number of nitrogens with zero attached hydrogens (tertiary/aromatic N) is 1. The zero-order chi connectivity index (χ0) is 10.4. The number of hydrogen-bond acceptors (Lipinski definition) is 2. The molecule has 0 aliphatic carbocycles. The first-order chi connectivity index (χ1) is 6.74. The van der Waals surface area contributed by atoms with Crippen LogP contribution in [0, 0.1) is 12.3 Å². The van der Waals surface area contributed by atoms with Crippen molar-refractivity contribution in [3.63, 3.8) is 0 Å². The van der Waals surface area contributed by atoms with E-state index in [-0.39, 0.29) is 5.78 Å². The summed E-state index contributed by atoms with van der Waals surface area (Å²) in [6, 6.07) is 9.23. The molecule has 0 saturated heterocycles. The number of likely N-dealkylation sites (N-methyl/N-ethyl adjacent to an activating group) is 1. The summed E-state index contributed by atoms with van der Waals surface area (Å²) in [5.74, 6) is 2.60. The maximum absolute atomic E-state index is 11.6. The Kier molecular flexibility index (Phi) is 3.90. The standard InChI is InChI=1S/C12H13NO/c1-3-9-13(2)10-12(14)11-7-5-4-6-8-11/h1,4-8H,9-10H2,2H3. The maximum Gasteiger partial charge on any atom is 0.176 e. The van der Waals surface area contributed by atoms with Crippen LogP contribution in [0.3, 0.4) is 0 Å². The second-order valence-corrected chi connectivity index (χ2v) is 3.17. The van der Waals surface area contributed by atoms with E-state index in [9.17, 15) is 4.79 Å². The number of carbonyl (C=O) groups excluding carboxylic acids is 1. The summed E-state index contributed by atoms with van der Waals surface area (Å²) in [5, 5.41) is 0. The zero-order valence-corrected chi connectivity index (χ0v) is 8.23. The van der Waals surface area contributed by atoms with Crippen molar-refractivity contribution in [1.29, 1.82) is 0 Å². The van der Waals surface area contributed by atoms with Gasteiger partial charge in [0, 0.05) is 5.56 Å². The molecule has 0 aromatic heterocycles. The lowest BCUT2D eigenvalue weighted by Gasteiger charge is -2.11. The molecule has 0 radical (unpaired) electrons. The predicted molar refractivity (Wildman–Crippen MR) is 57.1 cm³/mol. The number of terminal acetylenes is 1. The monoisotopic (exact) mass is 187 g/mol. The minimum atomic E-state index is 0.100. The molecule has 0 bridgehead atoms. The molecule has 14 heavy (non-hydrogen) atoms. The lowest BCUT2D eigenvalue weighted by molar-refractivity contribution is 0.0952. The summed E-state index contributed by atoms with van der Waals surface area (Å²) < 4.78 is 0. The van der Waals surface area contributed by atoms with Crippen molar-refractivity contribution in [3.05, 3.63) is 35.9 Å². The maximum atomic E-state index is 11.6. The molecule has 2 heteroatoms. The van der Waals surface area contributed by atoms with Gasteiger partial charge in [0.15, 0.2) is 5.78 Å². The van der Waals surface area contributed by atoms with Crippen LogP contribution in [0.1, 0.15) is 10.4 Å². The van der Waals surface area contributed by atoms with Crippen molar-refractivity contribution in [2.24, 2.45) is 0 Å². The van der Waals surface area contributed by atoms with Gasteiger partial charge in [0.25, 0.3) is 0 Å². The summed E-state index contributed by atoms with van der Waals surface area (Å²) in [6.45, 7) is 0.868. The third kappa shape index (κ3) is 3.04. The van der Waals surface area contributed by atoms with Gasteiger partial charge in [-0.2, -0.15) is 0 Å². The molecule has 0 amide bonds. The smallest absolute Gasteiger partial charge is 0.176 e. The van der Waals surface area contributed by atoms with Crippen LogP contribution in [0.25, 0.3) is 0 Å². The van der Waals surface area contributed by atoms with Crippen LogP contribution in [0.15, 0.2) is 30.3 Å². The topological polar surface area (TPSA) is 20.3 Å². The highest BCUT2D eigenvalue weighted by molar-refractivity contribution is 5.97. The molecule has 72 valence electrons. The number of ketones is 1. The molecule has 2 nitrogen and oxygen atoms in total. The van der Waals surface area contributed by atoms with Crippen LogP contribution in [-0.2, 0) is 0 Å². The first-order valence-corrected chi connectivity index (χ1v) is 4.44. The fraction of sp³-hybridized carbons (Fsp3) is 0.250. The first kappa shape index (κ1) is 10.5. The third-order valence-corrected chi connectivity index (χ3v) is 1.87. The van der Waals surface area contributed by atoms with Crippen LogP contribution >= 0.6 is 0 Å². The van der Waals surface area contributed by atoms with Crippen LogP contribution in [0.5, 0.6) is 0 Å². The highest BCUT2D eigenvalue weighted by Gasteiger charge is 2.07. The van der Waals surface area contributed by atoms with Crippen LogP contribution in [0.2, 0.25) is 0 Å². The van der Waals surface area contributed by atoms with Gasteiger partial charge in [-0.25, -0.2) is 0 Å². The molecule has 0 saturated carbocycles. The minimum Gasteiger partial charge on any atom is -0.293 e. The summed E-state index contributed by atoms with van der Waals surface area (Å²) in [7, 11) is 1.83. The van der Waals surface area contributed by atoms with Crippen molar-refractivity contribution >= 4 is 5.78 Å². The lowest BCUT2D eigenvalue weighted by Crippen LogP contribution is -2.26. The van der Waals surface area contributed by atoms with Crippen LogP contribution in [-0.4, -0.2) is 30.8 Å². The van der Waals surface area contributed by atoms with Crippen LogP contribution < -0.4 is 0 Å². The Bertz CT molecular complexity index is 337. The van der Waals surface area contributed by atoms with E-state index < -0.39 is 0 Å². The van der Waals surface area contributed by atoms with Gasteiger partial charge >= 0.3 is 0 Å². The van der Waals surface area contributed by atoms with E-state index in [0.29, 0.717) is 13.1 Å². The second kappa shape index (κ2) is 5.21. The van der Waals surface area contributed by atoms with Crippen molar-refractivity contribution in [2.45, 2.75) is 0 Å². The van der Waals surface area contributed by atoms with E-state index in [1.807, 2.05) is 42.3 Å². The number of hydrogen-bond donors (Lipinski definition) is 0. The van der Waals surface area contributed by atoms with E-state index in [1.54, 1.807) is 0 Å². The average Bonchev–Trinajstić information content (AvgIpc) is 2.19. The Morgan fingerprint density at radius 3 is 2.64 bits per heavy atom. The zero-order valence-electron chi connectivity index (χ0n) is 8.23. The van der Waals surface area contributed by atoms with Gasteiger partial charge in [-0.1, -0.05) is 36.3 Å². The highest BCUT2D eigenvalue weighted by atomic mass is 16.1. The molecule has 0 spiro atoms. The molecule has 0 aliphatic heterocycles. The molecule has 0 aliphatic rings. The average molecular weight is 187 g/mol.